The van der Waals surface area contributed by atoms with Gasteiger partial charge in [-0.2, -0.15) is 0 Å². The summed E-state index contributed by atoms with van der Waals surface area (Å²) in [5.41, 5.74) is 4.00. The molecule has 0 bridgehead atoms. The van der Waals surface area contributed by atoms with Crippen molar-refractivity contribution in [3.05, 3.63) is 75.1 Å². The first-order valence-electron chi connectivity index (χ1n) is 6.81. The van der Waals surface area contributed by atoms with Gasteiger partial charge in [-0.1, -0.05) is 58.4 Å². The molecule has 3 aromatic rings. The highest BCUT2D eigenvalue weighted by Gasteiger charge is 2.15. The monoisotopic (exact) mass is 420 g/mol. The van der Waals surface area contributed by atoms with Crippen LogP contribution in [0, 0.1) is 0 Å². The van der Waals surface area contributed by atoms with Crippen LogP contribution >= 0.6 is 31.9 Å². The third-order valence-electron chi connectivity index (χ3n) is 3.67. The molecule has 3 nitrogen and oxygen atoms in total. The Labute approximate surface area is 145 Å². The Morgan fingerprint density at radius 1 is 0.955 bits per heavy atom. The predicted molar refractivity (Wildman–Crippen MR) is 96.8 cm³/mol. The van der Waals surface area contributed by atoms with Gasteiger partial charge in [0.15, 0.2) is 0 Å². The molecule has 1 aromatic heterocycles. The van der Waals surface area contributed by atoms with E-state index in [1.165, 1.54) is 0 Å². The predicted octanol–water partition coefficient (Wildman–Crippen LogP) is 4.50. The number of halogens is 2. The van der Waals surface area contributed by atoms with E-state index in [0.717, 1.165) is 22.5 Å². The summed E-state index contributed by atoms with van der Waals surface area (Å²) in [5.74, 6) is 0. The Morgan fingerprint density at radius 2 is 1.55 bits per heavy atom. The number of benzene rings is 2. The van der Waals surface area contributed by atoms with E-state index in [9.17, 15) is 4.79 Å². The van der Waals surface area contributed by atoms with Gasteiger partial charge >= 0.3 is 0 Å². The maximum absolute atomic E-state index is 12.4. The summed E-state index contributed by atoms with van der Waals surface area (Å²) in [7, 11) is 1.88. The van der Waals surface area contributed by atoms with E-state index >= 15 is 0 Å². The normalized spacial score (nSPS) is 10.9. The third-order valence-corrected chi connectivity index (χ3v) is 5.00. The maximum atomic E-state index is 12.4. The second kappa shape index (κ2) is 6.26. The molecule has 0 aliphatic heterocycles. The first-order chi connectivity index (χ1) is 10.6. The van der Waals surface area contributed by atoms with E-state index in [-0.39, 0.29) is 5.56 Å². The molecule has 0 amide bonds. The minimum absolute atomic E-state index is 0.0515. The van der Waals surface area contributed by atoms with Crippen LogP contribution in [0.1, 0.15) is 5.69 Å². The Morgan fingerprint density at radius 3 is 2.09 bits per heavy atom. The Bertz CT molecular complexity index is 849. The second-order valence-electron chi connectivity index (χ2n) is 4.95. The molecule has 3 rings (SSSR count). The van der Waals surface area contributed by atoms with Gasteiger partial charge in [0.05, 0.1) is 11.4 Å². The lowest BCUT2D eigenvalue weighted by Gasteiger charge is -2.10. The summed E-state index contributed by atoms with van der Waals surface area (Å²) >= 11 is 6.79. The molecule has 0 unspecified atom stereocenters. The van der Waals surface area contributed by atoms with Crippen LogP contribution < -0.4 is 5.56 Å². The van der Waals surface area contributed by atoms with Crippen LogP contribution in [0.15, 0.2) is 63.9 Å². The molecule has 0 saturated carbocycles. The SMILES string of the molecule is Cn1c(CBr)c(Br)c(=O)n1-c1ccc(-c2ccccc2)cc1. The Hall–Kier alpha value is -1.59. The van der Waals surface area contributed by atoms with Gasteiger partial charge in [-0.25, -0.2) is 4.68 Å². The summed E-state index contributed by atoms with van der Waals surface area (Å²) in [6.45, 7) is 0. The summed E-state index contributed by atoms with van der Waals surface area (Å²) in [6, 6.07) is 18.2. The molecule has 22 heavy (non-hydrogen) atoms. The van der Waals surface area contributed by atoms with E-state index < -0.39 is 0 Å². The van der Waals surface area contributed by atoms with E-state index in [2.05, 4.69) is 44.0 Å². The van der Waals surface area contributed by atoms with Gasteiger partial charge in [-0.3, -0.25) is 9.48 Å². The van der Waals surface area contributed by atoms with Crippen LogP contribution in [0.2, 0.25) is 0 Å². The molecule has 0 N–H and O–H groups in total. The first-order valence-corrected chi connectivity index (χ1v) is 8.73. The molecular weight excluding hydrogens is 408 g/mol. The van der Waals surface area contributed by atoms with Crippen LogP contribution in [-0.2, 0) is 12.4 Å². The average Bonchev–Trinajstić information content (AvgIpc) is 2.78. The van der Waals surface area contributed by atoms with Crippen molar-refractivity contribution in [1.29, 1.82) is 0 Å². The maximum Gasteiger partial charge on any atom is 0.286 e. The summed E-state index contributed by atoms with van der Waals surface area (Å²) in [4.78, 5) is 12.4. The number of alkyl halides is 1. The van der Waals surface area contributed by atoms with Gasteiger partial charge in [0.1, 0.15) is 4.47 Å². The smallest absolute Gasteiger partial charge is 0.283 e. The second-order valence-corrected chi connectivity index (χ2v) is 6.30. The van der Waals surface area contributed by atoms with Crippen LogP contribution in [-0.4, -0.2) is 9.36 Å². The van der Waals surface area contributed by atoms with Crippen molar-refractivity contribution in [2.75, 3.05) is 0 Å². The van der Waals surface area contributed by atoms with E-state index in [1.807, 2.05) is 54.2 Å². The average molecular weight is 422 g/mol. The number of rotatable bonds is 3. The van der Waals surface area contributed by atoms with Crippen molar-refractivity contribution in [2.45, 2.75) is 5.33 Å². The quantitative estimate of drug-likeness (QED) is 0.572. The van der Waals surface area contributed by atoms with Gasteiger partial charge in [0, 0.05) is 12.4 Å². The number of hydrogen-bond donors (Lipinski definition) is 0. The van der Waals surface area contributed by atoms with Crippen LogP contribution in [0.25, 0.3) is 16.8 Å². The van der Waals surface area contributed by atoms with Crippen molar-refractivity contribution in [3.63, 3.8) is 0 Å². The van der Waals surface area contributed by atoms with Gasteiger partial charge in [0.2, 0.25) is 0 Å². The van der Waals surface area contributed by atoms with E-state index in [0.29, 0.717) is 9.80 Å². The molecular formula is C17H14Br2N2O. The third kappa shape index (κ3) is 2.59. The molecule has 0 radical (unpaired) electrons. The summed E-state index contributed by atoms with van der Waals surface area (Å²) < 4.78 is 4.12. The Kier molecular flexibility index (Phi) is 4.36. The molecule has 2 aromatic carbocycles. The molecule has 0 saturated heterocycles. The van der Waals surface area contributed by atoms with E-state index in [1.54, 1.807) is 4.68 Å². The molecule has 0 atom stereocenters. The van der Waals surface area contributed by atoms with Crippen LogP contribution in [0.4, 0.5) is 0 Å². The number of nitrogens with zero attached hydrogens (tertiary/aromatic N) is 2. The van der Waals surface area contributed by atoms with Gasteiger partial charge in [0.25, 0.3) is 5.56 Å². The molecule has 112 valence electrons. The zero-order chi connectivity index (χ0) is 15.7. The number of aromatic nitrogens is 2. The number of hydrogen-bond acceptors (Lipinski definition) is 1. The molecule has 1 heterocycles. The van der Waals surface area contributed by atoms with E-state index in [4.69, 9.17) is 0 Å². The van der Waals surface area contributed by atoms with Crippen molar-refractivity contribution < 1.29 is 0 Å². The largest absolute Gasteiger partial charge is 0.286 e. The molecule has 0 aliphatic carbocycles. The fourth-order valence-corrected chi connectivity index (χ4v) is 4.06. The molecule has 5 heteroatoms. The fourth-order valence-electron chi connectivity index (χ4n) is 2.48. The van der Waals surface area contributed by atoms with Gasteiger partial charge < -0.3 is 0 Å². The lowest BCUT2D eigenvalue weighted by atomic mass is 10.1. The fraction of sp³-hybridized carbons (Fsp3) is 0.118. The topological polar surface area (TPSA) is 26.9 Å². The molecule has 0 fully saturated rings. The van der Waals surface area contributed by atoms with Crippen molar-refractivity contribution in [1.82, 2.24) is 9.36 Å². The van der Waals surface area contributed by atoms with Crippen LogP contribution in [0.3, 0.4) is 0 Å². The lowest BCUT2D eigenvalue weighted by molar-refractivity contribution is 0.628. The van der Waals surface area contributed by atoms with Crippen molar-refractivity contribution in [3.8, 4) is 16.8 Å². The van der Waals surface area contributed by atoms with Crippen molar-refractivity contribution >= 4 is 31.9 Å². The van der Waals surface area contributed by atoms with Gasteiger partial charge in [-0.15, -0.1) is 0 Å². The lowest BCUT2D eigenvalue weighted by Crippen LogP contribution is -2.19. The zero-order valence-electron chi connectivity index (χ0n) is 12.0. The minimum Gasteiger partial charge on any atom is -0.283 e. The van der Waals surface area contributed by atoms with Gasteiger partial charge in [-0.05, 0) is 39.2 Å². The standard InChI is InChI=1S/C17H14Br2N2O/c1-20-15(11-18)16(19)17(22)21(20)14-9-7-13(8-10-14)12-5-3-2-4-6-12/h2-10H,11H2,1H3. The highest BCUT2D eigenvalue weighted by Crippen LogP contribution is 2.22. The summed E-state index contributed by atoms with van der Waals surface area (Å²) in [5, 5.41) is 0.619. The minimum atomic E-state index is -0.0515. The summed E-state index contributed by atoms with van der Waals surface area (Å²) in [6.07, 6.45) is 0. The molecule has 0 aliphatic rings. The van der Waals surface area contributed by atoms with Crippen molar-refractivity contribution in [2.24, 2.45) is 7.05 Å². The van der Waals surface area contributed by atoms with Crippen LogP contribution in [0.5, 0.6) is 0 Å². The Balaban J connectivity index is 2.06. The highest BCUT2D eigenvalue weighted by molar-refractivity contribution is 9.10. The highest BCUT2D eigenvalue weighted by atomic mass is 79.9. The first kappa shape index (κ1) is 15.3. The zero-order valence-corrected chi connectivity index (χ0v) is 15.1. The molecule has 0 spiro atoms.